The summed E-state index contributed by atoms with van der Waals surface area (Å²) in [4.78, 5) is 14.4. The smallest absolute Gasteiger partial charge is 0.222 e. The van der Waals surface area contributed by atoms with Gasteiger partial charge in [0.1, 0.15) is 12.2 Å². The average Bonchev–Trinajstić information content (AvgIpc) is 3.23. The molecule has 1 aromatic heterocycles. The minimum Gasteiger partial charge on any atom is -0.341 e. The van der Waals surface area contributed by atoms with E-state index in [1.54, 1.807) is 0 Å². The molecule has 21 heavy (non-hydrogen) atoms. The number of likely N-dealkylation sites (tertiary alicyclic amines) is 1. The Morgan fingerprint density at radius 3 is 2.90 bits per heavy atom. The van der Waals surface area contributed by atoms with Gasteiger partial charge in [-0.1, -0.05) is 32.6 Å². The van der Waals surface area contributed by atoms with Crippen LogP contribution >= 0.6 is 0 Å². The molecule has 3 rings (SSSR count). The van der Waals surface area contributed by atoms with Crippen molar-refractivity contribution in [2.45, 2.75) is 64.3 Å². The summed E-state index contributed by atoms with van der Waals surface area (Å²) in [5.74, 6) is 2.17. The molecule has 5 heteroatoms. The fourth-order valence-electron chi connectivity index (χ4n) is 3.80. The highest BCUT2D eigenvalue weighted by atomic mass is 16.2. The van der Waals surface area contributed by atoms with E-state index in [-0.39, 0.29) is 0 Å². The first-order valence-corrected chi connectivity index (χ1v) is 8.44. The van der Waals surface area contributed by atoms with E-state index in [1.807, 2.05) is 11.2 Å². The largest absolute Gasteiger partial charge is 0.341 e. The van der Waals surface area contributed by atoms with E-state index < -0.39 is 0 Å². The molecule has 1 aliphatic carbocycles. The molecule has 116 valence electrons. The van der Waals surface area contributed by atoms with Crippen molar-refractivity contribution < 1.29 is 4.79 Å². The quantitative estimate of drug-likeness (QED) is 0.837. The van der Waals surface area contributed by atoms with Gasteiger partial charge in [-0.3, -0.25) is 4.79 Å². The van der Waals surface area contributed by atoms with Crippen LogP contribution in [0.25, 0.3) is 0 Å². The number of carbonyl (C=O) groups excluding carboxylic acids is 1. The fourth-order valence-corrected chi connectivity index (χ4v) is 3.80. The Balaban J connectivity index is 1.50. The predicted molar refractivity (Wildman–Crippen MR) is 80.8 cm³/mol. The van der Waals surface area contributed by atoms with Crippen LogP contribution in [0.3, 0.4) is 0 Å². The Hall–Kier alpha value is -1.39. The van der Waals surface area contributed by atoms with E-state index in [0.717, 1.165) is 50.5 Å². The highest BCUT2D eigenvalue weighted by Crippen LogP contribution is 2.29. The molecule has 0 bridgehead atoms. The molecule has 1 aromatic rings. The van der Waals surface area contributed by atoms with Crippen molar-refractivity contribution in [1.29, 1.82) is 0 Å². The number of carbonyl (C=O) groups is 1. The van der Waals surface area contributed by atoms with Crippen LogP contribution in [0.1, 0.15) is 63.7 Å². The molecular weight excluding hydrogens is 264 g/mol. The molecular formula is C16H26N4O. The van der Waals surface area contributed by atoms with Crippen molar-refractivity contribution in [3.8, 4) is 0 Å². The molecule has 0 aromatic carbocycles. The summed E-state index contributed by atoms with van der Waals surface area (Å²) in [6, 6.07) is 0.366. The van der Waals surface area contributed by atoms with Crippen LogP contribution in [-0.4, -0.2) is 38.7 Å². The van der Waals surface area contributed by atoms with E-state index in [9.17, 15) is 4.79 Å². The van der Waals surface area contributed by atoms with E-state index in [0.29, 0.717) is 11.9 Å². The normalized spacial score (nSPS) is 23.1. The molecule has 0 spiro atoms. The summed E-state index contributed by atoms with van der Waals surface area (Å²) in [7, 11) is 0. The molecule has 1 aliphatic heterocycles. The van der Waals surface area contributed by atoms with Crippen LogP contribution in [0.2, 0.25) is 0 Å². The number of hydrogen-bond acceptors (Lipinski definition) is 3. The lowest BCUT2D eigenvalue weighted by Crippen LogP contribution is -2.29. The lowest BCUT2D eigenvalue weighted by atomic mass is 10.0. The number of amides is 1. The minimum absolute atomic E-state index is 0.343. The first-order chi connectivity index (χ1) is 10.3. The maximum absolute atomic E-state index is 12.4. The van der Waals surface area contributed by atoms with E-state index in [2.05, 4.69) is 21.7 Å². The average molecular weight is 290 g/mol. The summed E-state index contributed by atoms with van der Waals surface area (Å²) in [5.41, 5.74) is 0. The van der Waals surface area contributed by atoms with Crippen LogP contribution in [-0.2, 0) is 11.2 Å². The van der Waals surface area contributed by atoms with Gasteiger partial charge in [0.15, 0.2) is 0 Å². The second-order valence-corrected chi connectivity index (χ2v) is 6.48. The van der Waals surface area contributed by atoms with E-state index >= 15 is 0 Å². The van der Waals surface area contributed by atoms with E-state index in [1.165, 1.54) is 25.7 Å². The van der Waals surface area contributed by atoms with Gasteiger partial charge in [-0.05, 0) is 18.8 Å². The molecule has 0 N–H and O–H groups in total. The van der Waals surface area contributed by atoms with Crippen LogP contribution in [0, 0.1) is 5.92 Å². The van der Waals surface area contributed by atoms with Crippen molar-refractivity contribution in [2.75, 3.05) is 13.1 Å². The van der Waals surface area contributed by atoms with Crippen LogP contribution in [0.5, 0.6) is 0 Å². The van der Waals surface area contributed by atoms with Crippen molar-refractivity contribution in [1.82, 2.24) is 19.7 Å². The summed E-state index contributed by atoms with van der Waals surface area (Å²) >= 11 is 0. The number of rotatable bonds is 5. The Kier molecular flexibility index (Phi) is 4.56. The molecule has 1 unspecified atom stereocenters. The number of aromatic nitrogens is 3. The number of hydrogen-bond donors (Lipinski definition) is 0. The standard InChI is InChI=1S/C16H26N4O/c1-2-15-18-17-12-20(15)14-9-10-19(11-14)16(21)8-7-13-5-3-4-6-13/h12-14H,2-11H2,1H3. The van der Waals surface area contributed by atoms with E-state index in [4.69, 9.17) is 0 Å². The molecule has 5 nitrogen and oxygen atoms in total. The molecule has 2 heterocycles. The molecule has 1 saturated carbocycles. The molecule has 2 aliphatic rings. The molecule has 1 saturated heterocycles. The first kappa shape index (κ1) is 14.5. The van der Waals surface area contributed by atoms with Crippen LogP contribution in [0.15, 0.2) is 6.33 Å². The van der Waals surface area contributed by atoms with Crippen molar-refractivity contribution >= 4 is 5.91 Å². The summed E-state index contributed by atoms with van der Waals surface area (Å²) in [6.07, 6.45) is 10.9. The summed E-state index contributed by atoms with van der Waals surface area (Å²) in [6.45, 7) is 3.81. The number of aryl methyl sites for hydroxylation is 1. The maximum Gasteiger partial charge on any atom is 0.222 e. The highest BCUT2D eigenvalue weighted by Gasteiger charge is 2.28. The summed E-state index contributed by atoms with van der Waals surface area (Å²) in [5, 5.41) is 8.15. The number of nitrogens with zero attached hydrogens (tertiary/aromatic N) is 4. The molecule has 0 radical (unpaired) electrons. The lowest BCUT2D eigenvalue weighted by molar-refractivity contribution is -0.130. The first-order valence-electron chi connectivity index (χ1n) is 8.44. The van der Waals surface area contributed by atoms with Gasteiger partial charge in [0.05, 0.1) is 6.04 Å². The SMILES string of the molecule is CCc1nncn1C1CCN(C(=O)CCC2CCCC2)C1. The zero-order valence-electron chi connectivity index (χ0n) is 13.0. The second kappa shape index (κ2) is 6.58. The van der Waals surface area contributed by atoms with Crippen LogP contribution in [0.4, 0.5) is 0 Å². The third-order valence-electron chi connectivity index (χ3n) is 5.11. The zero-order valence-corrected chi connectivity index (χ0v) is 13.0. The monoisotopic (exact) mass is 290 g/mol. The molecule has 1 atom stereocenters. The molecule has 1 amide bonds. The maximum atomic E-state index is 12.4. The fraction of sp³-hybridized carbons (Fsp3) is 0.812. The molecule has 2 fully saturated rings. The van der Waals surface area contributed by atoms with Gasteiger partial charge < -0.3 is 9.47 Å². The third-order valence-corrected chi connectivity index (χ3v) is 5.11. The second-order valence-electron chi connectivity index (χ2n) is 6.48. The Morgan fingerprint density at radius 1 is 1.33 bits per heavy atom. The van der Waals surface area contributed by atoms with Gasteiger partial charge in [0, 0.05) is 25.9 Å². The Labute approximate surface area is 126 Å². The lowest BCUT2D eigenvalue weighted by Gasteiger charge is -2.18. The summed E-state index contributed by atoms with van der Waals surface area (Å²) < 4.78 is 2.16. The van der Waals surface area contributed by atoms with Gasteiger partial charge in [0.25, 0.3) is 0 Å². The highest BCUT2D eigenvalue weighted by molar-refractivity contribution is 5.76. The van der Waals surface area contributed by atoms with Gasteiger partial charge in [-0.25, -0.2) is 0 Å². The zero-order chi connectivity index (χ0) is 14.7. The van der Waals surface area contributed by atoms with Gasteiger partial charge >= 0.3 is 0 Å². The topological polar surface area (TPSA) is 51.0 Å². The Bertz CT molecular complexity index is 478. The Morgan fingerprint density at radius 2 is 2.14 bits per heavy atom. The van der Waals surface area contributed by atoms with Gasteiger partial charge in [-0.15, -0.1) is 10.2 Å². The third kappa shape index (κ3) is 3.27. The van der Waals surface area contributed by atoms with Gasteiger partial charge in [0.2, 0.25) is 5.91 Å². The van der Waals surface area contributed by atoms with Crippen molar-refractivity contribution in [2.24, 2.45) is 5.92 Å². The predicted octanol–water partition coefficient (Wildman–Crippen LogP) is 2.58. The van der Waals surface area contributed by atoms with Gasteiger partial charge in [-0.2, -0.15) is 0 Å². The van der Waals surface area contributed by atoms with Crippen LogP contribution < -0.4 is 0 Å². The van der Waals surface area contributed by atoms with Crippen molar-refractivity contribution in [3.63, 3.8) is 0 Å². The van der Waals surface area contributed by atoms with Crippen molar-refractivity contribution in [3.05, 3.63) is 12.2 Å². The minimum atomic E-state index is 0.343.